The van der Waals surface area contributed by atoms with Gasteiger partial charge in [-0.3, -0.25) is 15.6 Å². The fraction of sp³-hybridized carbons (Fsp3) is 0.250. The number of hydrogen-bond donors (Lipinski definition) is 4. The van der Waals surface area contributed by atoms with E-state index in [0.717, 1.165) is 12.1 Å². The summed E-state index contributed by atoms with van der Waals surface area (Å²) < 4.78 is 43.5. The summed E-state index contributed by atoms with van der Waals surface area (Å²) in [6.07, 6.45) is -3.47. The Bertz CT molecular complexity index is 951. The minimum absolute atomic E-state index is 0.300. The molecular weight excluding hydrogens is 385 g/mol. The Balaban J connectivity index is 1.76. The fourth-order valence-electron chi connectivity index (χ4n) is 2.86. The average molecular weight is 404 g/mol. The average Bonchev–Trinajstić information content (AvgIpc) is 3.49. The highest BCUT2D eigenvalue weighted by Crippen LogP contribution is 2.47. The molecule has 9 heteroatoms. The molecule has 152 valence electrons. The van der Waals surface area contributed by atoms with Crippen molar-refractivity contribution in [2.24, 2.45) is 5.41 Å². The van der Waals surface area contributed by atoms with Crippen LogP contribution in [-0.4, -0.2) is 24.8 Å². The Hall–Kier alpha value is -3.36. The van der Waals surface area contributed by atoms with Gasteiger partial charge in [0.25, 0.3) is 0 Å². The van der Waals surface area contributed by atoms with Crippen molar-refractivity contribution in [1.29, 1.82) is 10.8 Å². The number of hydrogen-bond acceptors (Lipinski definition) is 5. The Morgan fingerprint density at radius 2 is 1.69 bits per heavy atom. The van der Waals surface area contributed by atoms with Crippen LogP contribution in [0.2, 0.25) is 0 Å². The van der Waals surface area contributed by atoms with Crippen LogP contribution in [0.4, 0.5) is 24.5 Å². The van der Waals surface area contributed by atoms with Crippen LogP contribution in [0, 0.1) is 16.2 Å². The zero-order chi connectivity index (χ0) is 21.2. The smallest absolute Gasteiger partial charge is 0.416 e. The van der Waals surface area contributed by atoms with Crippen molar-refractivity contribution >= 4 is 29.1 Å². The van der Waals surface area contributed by atoms with Crippen molar-refractivity contribution in [2.45, 2.75) is 19.0 Å². The molecule has 1 saturated carbocycles. The van der Waals surface area contributed by atoms with E-state index in [0.29, 0.717) is 29.8 Å². The molecule has 6 nitrogen and oxygen atoms in total. The van der Waals surface area contributed by atoms with Gasteiger partial charge in [-0.15, -0.1) is 0 Å². The van der Waals surface area contributed by atoms with Gasteiger partial charge in [0.1, 0.15) is 5.41 Å². The predicted molar refractivity (Wildman–Crippen MR) is 103 cm³/mol. The van der Waals surface area contributed by atoms with E-state index < -0.39 is 17.2 Å². The molecule has 0 heterocycles. The summed E-state index contributed by atoms with van der Waals surface area (Å²) in [5.41, 5.74) is -0.654. The first-order valence-corrected chi connectivity index (χ1v) is 8.79. The molecule has 2 aromatic rings. The predicted octanol–water partition coefficient (Wildman–Crippen LogP) is 4.29. The van der Waals surface area contributed by atoms with Gasteiger partial charge in [-0.25, -0.2) is 0 Å². The quantitative estimate of drug-likeness (QED) is 0.442. The maximum Gasteiger partial charge on any atom is 0.416 e. The molecule has 0 spiro atoms. The molecule has 1 aliphatic carbocycles. The van der Waals surface area contributed by atoms with Gasteiger partial charge in [-0.2, -0.15) is 13.2 Å². The number of carbonyl (C=O) groups excluding carboxylic acids is 1. The number of para-hydroxylation sites is 1. The number of ether oxygens (including phenoxy) is 1. The maximum absolute atomic E-state index is 12.7. The highest BCUT2D eigenvalue weighted by molar-refractivity contribution is 6.12. The Labute approximate surface area is 165 Å². The molecule has 1 amide bonds. The zero-order valence-electron chi connectivity index (χ0n) is 15.5. The summed E-state index contributed by atoms with van der Waals surface area (Å²) in [5, 5.41) is 21.7. The van der Waals surface area contributed by atoms with E-state index in [9.17, 15) is 18.0 Å². The molecule has 0 bridgehead atoms. The molecule has 1 aliphatic rings. The van der Waals surface area contributed by atoms with E-state index in [1.165, 1.54) is 19.2 Å². The highest BCUT2D eigenvalue weighted by atomic mass is 19.4. The second-order valence-electron chi connectivity index (χ2n) is 6.67. The normalized spacial score (nSPS) is 14.6. The minimum Gasteiger partial charge on any atom is -0.424 e. The lowest BCUT2D eigenvalue weighted by Gasteiger charge is -2.18. The van der Waals surface area contributed by atoms with Crippen molar-refractivity contribution in [1.82, 2.24) is 5.32 Å². The third-order valence-electron chi connectivity index (χ3n) is 4.71. The van der Waals surface area contributed by atoms with Gasteiger partial charge in [0.05, 0.1) is 16.8 Å². The number of amides is 1. The van der Waals surface area contributed by atoms with E-state index >= 15 is 0 Å². The zero-order valence-corrected chi connectivity index (χ0v) is 15.5. The molecule has 1 fully saturated rings. The third kappa shape index (κ3) is 4.23. The number of alkyl halides is 3. The minimum atomic E-state index is -4.42. The van der Waals surface area contributed by atoms with Gasteiger partial charge < -0.3 is 15.4 Å². The summed E-state index contributed by atoms with van der Waals surface area (Å²) in [6, 6.07) is 11.1. The maximum atomic E-state index is 12.7. The van der Waals surface area contributed by atoms with Crippen LogP contribution in [-0.2, 0) is 15.7 Å². The van der Waals surface area contributed by atoms with Crippen LogP contribution >= 0.6 is 0 Å². The van der Waals surface area contributed by atoms with Crippen LogP contribution in [0.15, 0.2) is 48.5 Å². The van der Waals surface area contributed by atoms with Crippen LogP contribution in [0.3, 0.4) is 0 Å². The summed E-state index contributed by atoms with van der Waals surface area (Å²) in [7, 11) is 1.48. The van der Waals surface area contributed by atoms with E-state index in [-0.39, 0.29) is 17.7 Å². The van der Waals surface area contributed by atoms with E-state index in [4.69, 9.17) is 15.6 Å². The second kappa shape index (κ2) is 7.57. The molecular formula is C20H19F3N4O2. The summed E-state index contributed by atoms with van der Waals surface area (Å²) in [6.45, 7) is 0. The molecule has 2 aromatic carbocycles. The van der Waals surface area contributed by atoms with Crippen LogP contribution in [0.25, 0.3) is 0 Å². The van der Waals surface area contributed by atoms with Gasteiger partial charge >= 0.3 is 6.18 Å². The number of carbonyl (C=O) groups is 1. The molecule has 0 unspecified atom stereocenters. The molecule has 0 atom stereocenters. The van der Waals surface area contributed by atoms with E-state index in [1.807, 2.05) is 0 Å². The topological polar surface area (TPSA) is 98.1 Å². The van der Waals surface area contributed by atoms with Gasteiger partial charge in [-0.05, 0) is 49.2 Å². The van der Waals surface area contributed by atoms with Crippen LogP contribution in [0.1, 0.15) is 24.0 Å². The molecule has 29 heavy (non-hydrogen) atoms. The highest BCUT2D eigenvalue weighted by Gasteiger charge is 2.55. The lowest BCUT2D eigenvalue weighted by Crippen LogP contribution is -2.36. The van der Waals surface area contributed by atoms with Gasteiger partial charge in [0, 0.05) is 12.7 Å². The SMILES string of the molecule is CNC(=O)C1(C(=N)OC(=N)c2ccccc2Nc2ccc(C(F)(F)F)cc2)CC1. The summed E-state index contributed by atoms with van der Waals surface area (Å²) in [4.78, 5) is 12.0. The molecule has 0 saturated heterocycles. The lowest BCUT2D eigenvalue weighted by molar-refractivity contribution is -0.137. The Morgan fingerprint density at radius 1 is 1.07 bits per heavy atom. The summed E-state index contributed by atoms with van der Waals surface area (Å²) >= 11 is 0. The number of nitrogens with one attached hydrogen (secondary N) is 4. The van der Waals surface area contributed by atoms with Crippen molar-refractivity contribution in [2.75, 3.05) is 12.4 Å². The largest absolute Gasteiger partial charge is 0.424 e. The van der Waals surface area contributed by atoms with Crippen molar-refractivity contribution in [3.8, 4) is 0 Å². The van der Waals surface area contributed by atoms with Crippen LogP contribution in [0.5, 0.6) is 0 Å². The van der Waals surface area contributed by atoms with Crippen LogP contribution < -0.4 is 10.6 Å². The first-order valence-electron chi connectivity index (χ1n) is 8.79. The molecule has 3 rings (SSSR count). The monoisotopic (exact) mass is 404 g/mol. The van der Waals surface area contributed by atoms with Gasteiger partial charge in [0.2, 0.25) is 17.7 Å². The second-order valence-corrected chi connectivity index (χ2v) is 6.67. The number of halogens is 3. The van der Waals surface area contributed by atoms with Crippen molar-refractivity contribution in [3.05, 3.63) is 59.7 Å². The molecule has 0 radical (unpaired) electrons. The molecule has 0 aromatic heterocycles. The first kappa shape index (κ1) is 20.4. The van der Waals surface area contributed by atoms with Gasteiger partial charge in [0.15, 0.2) is 0 Å². The van der Waals surface area contributed by atoms with Crippen molar-refractivity contribution in [3.63, 3.8) is 0 Å². The number of rotatable bonds is 5. The number of benzene rings is 2. The van der Waals surface area contributed by atoms with E-state index in [1.54, 1.807) is 24.3 Å². The standard InChI is InChI=1S/C20H19F3N4O2/c1-26-18(28)19(10-11-19)17(25)29-16(24)14-4-2-3-5-15(14)27-13-8-6-12(7-9-13)20(21,22)23/h2-9,24-25,27H,10-11H2,1H3,(H,26,28). The van der Waals surface area contributed by atoms with Gasteiger partial charge in [-0.1, -0.05) is 12.1 Å². The Kier molecular flexibility index (Phi) is 5.32. The molecule has 4 N–H and O–H groups in total. The third-order valence-corrected chi connectivity index (χ3v) is 4.71. The summed E-state index contributed by atoms with van der Waals surface area (Å²) in [5.74, 6) is -0.960. The lowest BCUT2D eigenvalue weighted by atomic mass is 10.1. The van der Waals surface area contributed by atoms with Crippen molar-refractivity contribution < 1.29 is 22.7 Å². The molecule has 0 aliphatic heterocycles. The van der Waals surface area contributed by atoms with E-state index in [2.05, 4.69) is 10.6 Å². The number of anilines is 2. The fourth-order valence-corrected chi connectivity index (χ4v) is 2.86. The first-order chi connectivity index (χ1) is 13.7. The Morgan fingerprint density at radius 3 is 2.24 bits per heavy atom.